The molecule has 4 N–H and O–H groups in total. The van der Waals surface area contributed by atoms with Crippen LogP contribution in [-0.4, -0.2) is 63.5 Å². The summed E-state index contributed by atoms with van der Waals surface area (Å²) in [5.74, 6) is -1.67. The third-order valence-corrected chi connectivity index (χ3v) is 6.97. The summed E-state index contributed by atoms with van der Waals surface area (Å²) in [6, 6.07) is 4.28. The third-order valence-electron chi connectivity index (χ3n) is 4.52. The summed E-state index contributed by atoms with van der Waals surface area (Å²) in [6.45, 7) is 5.21. The van der Waals surface area contributed by atoms with Gasteiger partial charge < -0.3 is 15.0 Å². The molecule has 0 aliphatic carbocycles. The molecule has 14 heteroatoms. The summed E-state index contributed by atoms with van der Waals surface area (Å²) < 4.78 is 32.5. The van der Waals surface area contributed by atoms with E-state index in [0.29, 0.717) is 37.1 Å². The van der Waals surface area contributed by atoms with Crippen LogP contribution in [-0.2, 0) is 24.3 Å². The second-order valence-corrected chi connectivity index (χ2v) is 9.66. The van der Waals surface area contributed by atoms with Crippen molar-refractivity contribution in [3.05, 3.63) is 35.3 Å². The lowest BCUT2D eigenvalue weighted by molar-refractivity contribution is -0.123. The van der Waals surface area contributed by atoms with Crippen molar-refractivity contribution < 1.29 is 27.5 Å². The van der Waals surface area contributed by atoms with Gasteiger partial charge in [-0.15, -0.1) is 11.3 Å². The van der Waals surface area contributed by atoms with Gasteiger partial charge >= 0.3 is 0 Å². The lowest BCUT2D eigenvalue weighted by Crippen LogP contribution is -2.51. The maximum Gasteiger partial charge on any atom is 0.289 e. The number of sulfonamides is 1. The maximum absolute atomic E-state index is 12.5. The number of hydrogen-bond acceptors (Lipinski definition) is 9. The van der Waals surface area contributed by atoms with Gasteiger partial charge in [-0.3, -0.25) is 25.2 Å². The molecular weight excluding hydrogens is 472 g/mol. The molecule has 3 rings (SSSR count). The molecule has 33 heavy (non-hydrogen) atoms. The van der Waals surface area contributed by atoms with Crippen LogP contribution in [0.5, 0.6) is 0 Å². The van der Waals surface area contributed by atoms with E-state index >= 15 is 0 Å². The molecule has 1 aromatic heterocycles. The van der Waals surface area contributed by atoms with E-state index < -0.39 is 27.9 Å². The van der Waals surface area contributed by atoms with E-state index in [4.69, 9.17) is 4.74 Å². The molecule has 2 aromatic rings. The summed E-state index contributed by atoms with van der Waals surface area (Å²) in [5, 5.41) is 4.79. The fourth-order valence-electron chi connectivity index (χ4n) is 2.83. The predicted octanol–water partition coefficient (Wildman–Crippen LogP) is 0.0661. The Balaban J connectivity index is 1.52. The molecule has 1 aromatic carbocycles. The Bertz CT molecular complexity index is 1110. The zero-order valence-corrected chi connectivity index (χ0v) is 19.6. The van der Waals surface area contributed by atoms with Crippen LogP contribution in [0.3, 0.4) is 0 Å². The smallest absolute Gasteiger partial charge is 0.289 e. The van der Waals surface area contributed by atoms with Gasteiger partial charge in [-0.1, -0.05) is 0 Å². The average Bonchev–Trinajstić information content (AvgIpc) is 3.28. The second-order valence-electron chi connectivity index (χ2n) is 7.11. The van der Waals surface area contributed by atoms with Gasteiger partial charge in [-0.25, -0.2) is 13.4 Å². The fraction of sp³-hybridized carbons (Fsp3) is 0.368. The molecule has 0 unspecified atom stereocenters. The van der Waals surface area contributed by atoms with E-state index in [1.54, 1.807) is 5.38 Å². The first-order valence-corrected chi connectivity index (χ1v) is 12.3. The van der Waals surface area contributed by atoms with Gasteiger partial charge in [0.2, 0.25) is 15.9 Å². The molecule has 1 aliphatic rings. The number of hydrogen-bond donors (Lipinski definition) is 4. The predicted molar refractivity (Wildman–Crippen MR) is 121 cm³/mol. The number of benzene rings is 1. The van der Waals surface area contributed by atoms with Crippen LogP contribution in [0.4, 0.5) is 10.8 Å². The minimum atomic E-state index is -4.01. The number of rotatable bonds is 7. The molecule has 1 atom stereocenters. The Hall–Kier alpha value is -3.07. The molecule has 3 amide bonds. The normalized spacial score (nSPS) is 14.9. The molecule has 2 heterocycles. The number of thiazole rings is 1. The number of anilines is 2. The van der Waals surface area contributed by atoms with E-state index in [2.05, 4.69) is 25.9 Å². The standard InChI is InChI=1S/C19H24N6O6S2/c1-12(24-33(29,30)15-5-3-14(4-6-15)20-13(2)26)17(27)22-23-18(28)16-11-32-19(21-16)25-7-9-31-10-8-25/h3-6,11-12,24H,7-10H2,1-2H3,(H,20,26)(H,22,27)(H,23,28)/t12-/m0/s1. The van der Waals surface area contributed by atoms with Crippen LogP contribution in [0.15, 0.2) is 34.5 Å². The molecule has 1 aliphatic heterocycles. The van der Waals surface area contributed by atoms with Crippen LogP contribution in [0.2, 0.25) is 0 Å². The average molecular weight is 497 g/mol. The van der Waals surface area contributed by atoms with E-state index in [1.807, 2.05) is 4.90 Å². The van der Waals surface area contributed by atoms with E-state index in [1.165, 1.54) is 49.4 Å². The monoisotopic (exact) mass is 496 g/mol. The highest BCUT2D eigenvalue weighted by atomic mass is 32.2. The quantitative estimate of drug-likeness (QED) is 0.392. The van der Waals surface area contributed by atoms with Crippen LogP contribution in [0.1, 0.15) is 24.3 Å². The lowest BCUT2D eigenvalue weighted by atomic mass is 10.3. The van der Waals surface area contributed by atoms with E-state index in [-0.39, 0.29) is 16.5 Å². The van der Waals surface area contributed by atoms with Crippen molar-refractivity contribution in [2.24, 2.45) is 0 Å². The van der Waals surface area contributed by atoms with Crippen molar-refractivity contribution in [3.8, 4) is 0 Å². The highest BCUT2D eigenvalue weighted by Crippen LogP contribution is 2.21. The maximum atomic E-state index is 12.5. The lowest BCUT2D eigenvalue weighted by Gasteiger charge is -2.25. The van der Waals surface area contributed by atoms with Gasteiger partial charge in [0.15, 0.2) is 5.13 Å². The van der Waals surface area contributed by atoms with Crippen LogP contribution >= 0.6 is 11.3 Å². The molecule has 1 fully saturated rings. The molecule has 0 bridgehead atoms. The Labute approximate surface area is 194 Å². The molecule has 178 valence electrons. The molecule has 0 spiro atoms. The summed E-state index contributed by atoms with van der Waals surface area (Å²) in [6.07, 6.45) is 0. The van der Waals surface area contributed by atoms with Gasteiger partial charge in [0.1, 0.15) is 5.69 Å². The highest BCUT2D eigenvalue weighted by molar-refractivity contribution is 7.89. The Kier molecular flexibility index (Phi) is 7.97. The first kappa shape index (κ1) is 24.6. The number of hydrazine groups is 1. The number of carbonyl (C=O) groups is 3. The number of ether oxygens (including phenoxy) is 1. The highest BCUT2D eigenvalue weighted by Gasteiger charge is 2.23. The Morgan fingerprint density at radius 3 is 2.42 bits per heavy atom. The van der Waals surface area contributed by atoms with Crippen molar-refractivity contribution in [2.45, 2.75) is 24.8 Å². The summed E-state index contributed by atoms with van der Waals surface area (Å²) in [7, 11) is -4.01. The van der Waals surface area contributed by atoms with Crippen molar-refractivity contribution in [1.29, 1.82) is 0 Å². The SMILES string of the molecule is CC(=O)Nc1ccc(S(=O)(=O)N[C@@H](C)C(=O)NNC(=O)c2csc(N3CCOCC3)n2)cc1. The first-order chi connectivity index (χ1) is 15.7. The number of nitrogens with one attached hydrogen (secondary N) is 4. The topological polar surface area (TPSA) is 159 Å². The van der Waals surface area contributed by atoms with Crippen molar-refractivity contribution in [1.82, 2.24) is 20.6 Å². The Morgan fingerprint density at radius 1 is 1.12 bits per heavy atom. The van der Waals surface area contributed by atoms with Crippen LogP contribution in [0, 0.1) is 0 Å². The van der Waals surface area contributed by atoms with E-state index in [0.717, 1.165) is 0 Å². The molecule has 12 nitrogen and oxygen atoms in total. The van der Waals surface area contributed by atoms with Crippen LogP contribution in [0.25, 0.3) is 0 Å². The first-order valence-electron chi connectivity index (χ1n) is 9.94. The van der Waals surface area contributed by atoms with Crippen LogP contribution < -0.4 is 25.8 Å². The van der Waals surface area contributed by atoms with Gasteiger partial charge in [-0.2, -0.15) is 4.72 Å². The summed E-state index contributed by atoms with van der Waals surface area (Å²) in [5.41, 5.74) is 5.00. The number of amides is 3. The van der Waals surface area contributed by atoms with Crippen molar-refractivity contribution in [2.75, 3.05) is 36.5 Å². The largest absolute Gasteiger partial charge is 0.378 e. The van der Waals surface area contributed by atoms with Crippen molar-refractivity contribution >= 4 is 49.9 Å². The number of carbonyl (C=O) groups excluding carboxylic acids is 3. The molecule has 0 saturated carbocycles. The number of aromatic nitrogens is 1. The molecule has 0 radical (unpaired) electrons. The van der Waals surface area contributed by atoms with E-state index in [9.17, 15) is 22.8 Å². The number of nitrogens with zero attached hydrogens (tertiary/aromatic N) is 2. The molecular formula is C19H24N6O6S2. The van der Waals surface area contributed by atoms with Gasteiger partial charge in [0.25, 0.3) is 11.8 Å². The minimum Gasteiger partial charge on any atom is -0.378 e. The fourth-order valence-corrected chi connectivity index (χ4v) is 4.90. The minimum absolute atomic E-state index is 0.0848. The molecule has 1 saturated heterocycles. The van der Waals surface area contributed by atoms with Gasteiger partial charge in [0.05, 0.1) is 24.2 Å². The number of morpholine rings is 1. The summed E-state index contributed by atoms with van der Waals surface area (Å²) >= 11 is 1.31. The zero-order valence-electron chi connectivity index (χ0n) is 18.0. The third kappa shape index (κ3) is 6.71. The van der Waals surface area contributed by atoms with Crippen molar-refractivity contribution in [3.63, 3.8) is 0 Å². The zero-order chi connectivity index (χ0) is 24.0. The summed E-state index contributed by atoms with van der Waals surface area (Å²) in [4.78, 5) is 41.8. The Morgan fingerprint density at radius 2 is 1.79 bits per heavy atom. The van der Waals surface area contributed by atoms with Gasteiger partial charge in [0, 0.05) is 31.1 Å². The van der Waals surface area contributed by atoms with Gasteiger partial charge in [-0.05, 0) is 31.2 Å². The second kappa shape index (κ2) is 10.7.